The highest BCUT2D eigenvalue weighted by molar-refractivity contribution is 6.30. The minimum Gasteiger partial charge on any atom is -0.450 e. The number of halogens is 1. The first-order chi connectivity index (χ1) is 10.3. The molecule has 0 saturated carbocycles. The van der Waals surface area contributed by atoms with E-state index in [0.717, 1.165) is 5.56 Å². The number of benzene rings is 1. The first-order valence-electron chi connectivity index (χ1n) is 7.34. The van der Waals surface area contributed by atoms with Gasteiger partial charge in [0.25, 0.3) is 0 Å². The van der Waals surface area contributed by atoms with Gasteiger partial charge in [0.15, 0.2) is 0 Å². The van der Waals surface area contributed by atoms with E-state index in [9.17, 15) is 9.59 Å². The number of alkyl carbamates (subject to hydrolysis) is 1. The highest BCUT2D eigenvalue weighted by atomic mass is 35.5. The third-order valence-electron chi connectivity index (χ3n) is 3.21. The van der Waals surface area contributed by atoms with Crippen molar-refractivity contribution < 1.29 is 14.3 Å². The zero-order valence-corrected chi connectivity index (χ0v) is 14.1. The fourth-order valence-corrected chi connectivity index (χ4v) is 2.20. The van der Waals surface area contributed by atoms with E-state index in [1.54, 1.807) is 19.1 Å². The van der Waals surface area contributed by atoms with Crippen molar-refractivity contribution in [1.29, 1.82) is 0 Å². The summed E-state index contributed by atoms with van der Waals surface area (Å²) in [6, 6.07) is 6.43. The average molecular weight is 327 g/mol. The molecular formula is C16H23ClN2O3. The van der Waals surface area contributed by atoms with Gasteiger partial charge in [-0.2, -0.15) is 0 Å². The minimum absolute atomic E-state index is 0.0593. The zero-order valence-electron chi connectivity index (χ0n) is 13.4. The van der Waals surface area contributed by atoms with Crippen LogP contribution < -0.4 is 10.6 Å². The van der Waals surface area contributed by atoms with Crippen LogP contribution in [0.25, 0.3) is 0 Å². The van der Waals surface area contributed by atoms with E-state index in [1.165, 1.54) is 0 Å². The Morgan fingerprint density at radius 2 is 1.91 bits per heavy atom. The topological polar surface area (TPSA) is 67.4 Å². The van der Waals surface area contributed by atoms with Crippen LogP contribution in [0.4, 0.5) is 4.79 Å². The van der Waals surface area contributed by atoms with Crippen LogP contribution in [0.1, 0.15) is 39.3 Å². The third-order valence-corrected chi connectivity index (χ3v) is 3.44. The maximum atomic E-state index is 12.4. The predicted octanol–water partition coefficient (Wildman–Crippen LogP) is 3.29. The maximum absolute atomic E-state index is 12.4. The molecule has 0 aliphatic heterocycles. The van der Waals surface area contributed by atoms with Gasteiger partial charge in [0, 0.05) is 5.02 Å². The molecule has 1 aromatic rings. The summed E-state index contributed by atoms with van der Waals surface area (Å²) in [5, 5.41) is 6.09. The quantitative estimate of drug-likeness (QED) is 0.843. The van der Waals surface area contributed by atoms with Crippen LogP contribution in [0.15, 0.2) is 24.3 Å². The van der Waals surface area contributed by atoms with E-state index in [2.05, 4.69) is 10.6 Å². The van der Waals surface area contributed by atoms with E-state index >= 15 is 0 Å². The van der Waals surface area contributed by atoms with Gasteiger partial charge in [-0.25, -0.2) is 4.79 Å². The lowest BCUT2D eigenvalue weighted by Gasteiger charge is -2.24. The van der Waals surface area contributed by atoms with Gasteiger partial charge in [-0.3, -0.25) is 4.79 Å². The molecule has 5 nitrogen and oxygen atoms in total. The molecule has 6 heteroatoms. The first kappa shape index (κ1) is 18.3. The molecule has 2 amide bonds. The molecule has 1 aromatic carbocycles. The standard InChI is InChI=1S/C16H23ClN2O3/c1-5-22-16(21)19-14(10(2)3)15(20)18-11(4)12-7-6-8-13(17)9-12/h6-11,14H,5H2,1-4H3,(H,18,20)(H,19,21)/t11-,14-/m0/s1. The largest absolute Gasteiger partial charge is 0.450 e. The number of carbonyl (C=O) groups excluding carboxylic acids is 2. The average Bonchev–Trinajstić information content (AvgIpc) is 2.44. The fourth-order valence-electron chi connectivity index (χ4n) is 2.00. The summed E-state index contributed by atoms with van der Waals surface area (Å²) >= 11 is 5.96. The van der Waals surface area contributed by atoms with Crippen molar-refractivity contribution in [3.63, 3.8) is 0 Å². The molecule has 0 aliphatic carbocycles. The fraction of sp³-hybridized carbons (Fsp3) is 0.500. The third kappa shape index (κ3) is 5.56. The van der Waals surface area contributed by atoms with Crippen LogP contribution in [-0.2, 0) is 9.53 Å². The molecule has 0 fully saturated rings. The highest BCUT2D eigenvalue weighted by Crippen LogP contribution is 2.17. The van der Waals surface area contributed by atoms with Crippen LogP contribution >= 0.6 is 11.6 Å². The lowest BCUT2D eigenvalue weighted by Crippen LogP contribution is -2.50. The Morgan fingerprint density at radius 1 is 1.23 bits per heavy atom. The molecular weight excluding hydrogens is 304 g/mol. The molecule has 122 valence electrons. The summed E-state index contributed by atoms with van der Waals surface area (Å²) in [6.45, 7) is 7.56. The smallest absolute Gasteiger partial charge is 0.407 e. The Balaban J connectivity index is 2.72. The van der Waals surface area contributed by atoms with Crippen LogP contribution in [0.2, 0.25) is 5.02 Å². The van der Waals surface area contributed by atoms with Crippen molar-refractivity contribution in [3.05, 3.63) is 34.9 Å². The van der Waals surface area contributed by atoms with Gasteiger partial charge in [0.2, 0.25) is 5.91 Å². The lowest BCUT2D eigenvalue weighted by molar-refractivity contribution is -0.124. The number of hydrogen-bond donors (Lipinski definition) is 2. The summed E-state index contributed by atoms with van der Waals surface area (Å²) in [7, 11) is 0. The number of rotatable bonds is 6. The van der Waals surface area contributed by atoms with Gasteiger partial charge in [0.05, 0.1) is 12.6 Å². The molecule has 0 saturated heterocycles. The molecule has 0 bridgehead atoms. The van der Waals surface area contributed by atoms with E-state index in [4.69, 9.17) is 16.3 Å². The van der Waals surface area contributed by atoms with Gasteiger partial charge in [0.1, 0.15) is 6.04 Å². The zero-order chi connectivity index (χ0) is 16.7. The summed E-state index contributed by atoms with van der Waals surface area (Å²) < 4.78 is 4.83. The van der Waals surface area contributed by atoms with Gasteiger partial charge in [-0.1, -0.05) is 37.6 Å². The number of hydrogen-bond acceptors (Lipinski definition) is 3. The van der Waals surface area contributed by atoms with E-state index in [-0.39, 0.29) is 24.5 Å². The molecule has 0 spiro atoms. The predicted molar refractivity (Wildman–Crippen MR) is 86.8 cm³/mol. The van der Waals surface area contributed by atoms with Gasteiger partial charge < -0.3 is 15.4 Å². The molecule has 22 heavy (non-hydrogen) atoms. The SMILES string of the molecule is CCOC(=O)N[C@H](C(=O)N[C@@H](C)c1cccc(Cl)c1)C(C)C. The van der Waals surface area contributed by atoms with Crippen molar-refractivity contribution in [2.45, 2.75) is 39.8 Å². The normalized spacial score (nSPS) is 13.4. The summed E-state index contributed by atoms with van der Waals surface area (Å²) in [5.41, 5.74) is 0.902. The van der Waals surface area contributed by atoms with Crippen molar-refractivity contribution in [3.8, 4) is 0 Å². The minimum atomic E-state index is -0.652. The number of ether oxygens (including phenoxy) is 1. The Hall–Kier alpha value is -1.75. The Morgan fingerprint density at radius 3 is 2.45 bits per heavy atom. The second kappa shape index (κ2) is 8.63. The monoisotopic (exact) mass is 326 g/mol. The molecule has 0 unspecified atom stereocenters. The molecule has 1 rings (SSSR count). The molecule has 0 aromatic heterocycles. The molecule has 0 heterocycles. The molecule has 2 atom stereocenters. The molecule has 2 N–H and O–H groups in total. The van der Waals surface area contributed by atoms with Crippen LogP contribution in [0, 0.1) is 5.92 Å². The lowest BCUT2D eigenvalue weighted by atomic mass is 10.0. The van der Waals surface area contributed by atoms with Crippen LogP contribution in [0.5, 0.6) is 0 Å². The highest BCUT2D eigenvalue weighted by Gasteiger charge is 2.26. The van der Waals surface area contributed by atoms with Crippen molar-refractivity contribution in [2.75, 3.05) is 6.61 Å². The Kier molecular flexibility index (Phi) is 7.18. The summed E-state index contributed by atoms with van der Waals surface area (Å²) in [6.07, 6.45) is -0.591. The van der Waals surface area contributed by atoms with Gasteiger partial charge >= 0.3 is 6.09 Å². The van der Waals surface area contributed by atoms with Crippen molar-refractivity contribution >= 4 is 23.6 Å². The van der Waals surface area contributed by atoms with Crippen LogP contribution in [0.3, 0.4) is 0 Å². The van der Waals surface area contributed by atoms with E-state index in [1.807, 2.05) is 32.9 Å². The maximum Gasteiger partial charge on any atom is 0.407 e. The van der Waals surface area contributed by atoms with E-state index in [0.29, 0.717) is 5.02 Å². The number of amides is 2. The first-order valence-corrected chi connectivity index (χ1v) is 7.72. The summed E-state index contributed by atoms with van der Waals surface area (Å²) in [4.78, 5) is 23.9. The second-order valence-electron chi connectivity index (χ2n) is 5.37. The number of carbonyl (C=O) groups is 2. The molecule has 0 radical (unpaired) electrons. The van der Waals surface area contributed by atoms with Crippen molar-refractivity contribution in [2.24, 2.45) is 5.92 Å². The Bertz CT molecular complexity index is 520. The number of nitrogens with one attached hydrogen (secondary N) is 2. The van der Waals surface area contributed by atoms with Gasteiger partial charge in [-0.15, -0.1) is 0 Å². The molecule has 0 aliphatic rings. The van der Waals surface area contributed by atoms with Crippen molar-refractivity contribution in [1.82, 2.24) is 10.6 Å². The van der Waals surface area contributed by atoms with Gasteiger partial charge in [-0.05, 0) is 37.5 Å². The Labute approximate surface area is 136 Å². The summed E-state index contributed by atoms with van der Waals surface area (Å²) in [5.74, 6) is -0.313. The van der Waals surface area contributed by atoms with E-state index < -0.39 is 12.1 Å². The van der Waals surface area contributed by atoms with Crippen LogP contribution in [-0.4, -0.2) is 24.6 Å². The second-order valence-corrected chi connectivity index (χ2v) is 5.81.